The molecule has 0 saturated heterocycles. The maximum absolute atomic E-state index is 6.60. The van der Waals surface area contributed by atoms with Crippen molar-refractivity contribution in [3.05, 3.63) is 65.4 Å². The molecule has 0 atom stereocenters. The van der Waals surface area contributed by atoms with Crippen molar-refractivity contribution in [3.8, 4) is 45.5 Å². The van der Waals surface area contributed by atoms with Crippen LogP contribution >= 0.6 is 11.6 Å². The molecule has 0 bridgehead atoms. The Balaban J connectivity index is 2.00. The first kappa shape index (κ1) is 29.6. The zero-order valence-electron chi connectivity index (χ0n) is 24.9. The van der Waals surface area contributed by atoms with E-state index in [1.54, 1.807) is 21.3 Å². The van der Waals surface area contributed by atoms with Crippen molar-refractivity contribution in [2.24, 2.45) is 0 Å². The number of imidazole rings is 1. The molecule has 0 saturated carbocycles. The predicted molar refractivity (Wildman–Crippen MR) is 169 cm³/mol. The van der Waals surface area contributed by atoms with E-state index in [9.17, 15) is 0 Å². The van der Waals surface area contributed by atoms with Gasteiger partial charge in [-0.1, -0.05) is 59.2 Å². The van der Waals surface area contributed by atoms with Crippen molar-refractivity contribution < 1.29 is 14.2 Å². The van der Waals surface area contributed by atoms with Crippen LogP contribution in [-0.4, -0.2) is 39.0 Å². The number of hydrogen-bond donors (Lipinski definition) is 0. The molecule has 3 aromatic carbocycles. The second kappa shape index (κ2) is 12.0. The minimum atomic E-state index is -1.98. The number of fused-ring (bicyclic) bond motifs is 1. The van der Waals surface area contributed by atoms with Gasteiger partial charge in [-0.15, -0.1) is 5.54 Å². The fourth-order valence-electron chi connectivity index (χ4n) is 5.97. The van der Waals surface area contributed by atoms with Crippen LogP contribution in [0.2, 0.25) is 21.6 Å². The number of rotatable bonds is 8. The molecule has 1 aromatic heterocycles. The molecule has 210 valence electrons. The van der Waals surface area contributed by atoms with Gasteiger partial charge in [0, 0.05) is 6.07 Å². The molecule has 0 aliphatic carbocycles. The number of benzene rings is 3. The summed E-state index contributed by atoms with van der Waals surface area (Å²) in [4.78, 5) is 5.03. The van der Waals surface area contributed by atoms with E-state index in [0.29, 0.717) is 33.2 Å². The molecule has 4 rings (SSSR count). The minimum Gasteiger partial charge on any atom is -0.497 e. The quantitative estimate of drug-likeness (QED) is 0.156. The summed E-state index contributed by atoms with van der Waals surface area (Å²) < 4.78 is 18.6. The molecule has 0 amide bonds. The zero-order valence-corrected chi connectivity index (χ0v) is 26.7. The Morgan fingerprint density at radius 1 is 0.750 bits per heavy atom. The van der Waals surface area contributed by atoms with E-state index in [-0.39, 0.29) is 0 Å². The topological polar surface area (TPSA) is 45.5 Å². The van der Waals surface area contributed by atoms with Crippen LogP contribution in [-0.2, 0) is 0 Å². The first-order valence-corrected chi connectivity index (χ1v) is 16.3. The van der Waals surface area contributed by atoms with E-state index >= 15 is 0 Å². The molecule has 1 heterocycles. The van der Waals surface area contributed by atoms with E-state index in [1.165, 1.54) is 0 Å². The van der Waals surface area contributed by atoms with Crippen LogP contribution < -0.4 is 14.2 Å². The van der Waals surface area contributed by atoms with Gasteiger partial charge in [-0.05, 0) is 76.1 Å². The van der Waals surface area contributed by atoms with Gasteiger partial charge in [0.25, 0.3) is 0 Å². The lowest BCUT2D eigenvalue weighted by Crippen LogP contribution is -2.43. The highest BCUT2D eigenvalue weighted by atomic mass is 35.5. The second-order valence-corrected chi connectivity index (χ2v) is 17.0. The van der Waals surface area contributed by atoms with Crippen LogP contribution in [0, 0.1) is 11.5 Å². The van der Waals surface area contributed by atoms with Crippen molar-refractivity contribution in [1.29, 1.82) is 0 Å². The van der Waals surface area contributed by atoms with Gasteiger partial charge in [0.1, 0.15) is 25.3 Å². The Labute approximate surface area is 244 Å². The number of methoxy groups -OCH3 is 3. The van der Waals surface area contributed by atoms with Crippen LogP contribution in [0.4, 0.5) is 0 Å². The molecule has 4 aromatic rings. The maximum Gasteiger partial charge on any atom is 0.190 e. The van der Waals surface area contributed by atoms with Crippen molar-refractivity contribution in [1.82, 2.24) is 9.55 Å². The SMILES string of the molecule is COc1cc(OC)cc(-c2ccc3nc(C#C[Si](C(C)C)(C(C)C)C(C)C)n(-c4ccc(OC)c(Cl)c4)c3c2)c1. The molecule has 0 unspecified atom stereocenters. The van der Waals surface area contributed by atoms with E-state index in [0.717, 1.165) is 39.3 Å². The van der Waals surface area contributed by atoms with Gasteiger partial charge in [-0.3, -0.25) is 4.57 Å². The summed E-state index contributed by atoms with van der Waals surface area (Å²) in [7, 11) is 2.95. The summed E-state index contributed by atoms with van der Waals surface area (Å²) in [6.07, 6.45) is 0. The number of halogens is 1. The number of hydrogen-bond acceptors (Lipinski definition) is 4. The molecule has 7 heteroatoms. The Morgan fingerprint density at radius 2 is 1.38 bits per heavy atom. The smallest absolute Gasteiger partial charge is 0.190 e. The van der Waals surface area contributed by atoms with Gasteiger partial charge in [0.15, 0.2) is 5.82 Å². The first-order chi connectivity index (χ1) is 19.0. The maximum atomic E-state index is 6.60. The molecule has 0 N–H and O–H groups in total. The molecular weight excluding hydrogens is 536 g/mol. The van der Waals surface area contributed by atoms with Crippen LogP contribution in [0.3, 0.4) is 0 Å². The van der Waals surface area contributed by atoms with Crippen LogP contribution in [0.1, 0.15) is 47.4 Å². The average molecular weight is 575 g/mol. The highest BCUT2D eigenvalue weighted by Gasteiger charge is 2.41. The fourth-order valence-corrected chi connectivity index (χ4v) is 11.4. The summed E-state index contributed by atoms with van der Waals surface area (Å²) in [6, 6.07) is 17.9. The Bertz CT molecular complexity index is 1540. The number of nitrogens with zero attached hydrogens (tertiary/aromatic N) is 2. The van der Waals surface area contributed by atoms with Gasteiger partial charge in [-0.25, -0.2) is 4.98 Å². The second-order valence-electron chi connectivity index (χ2n) is 11.0. The normalized spacial score (nSPS) is 11.7. The monoisotopic (exact) mass is 574 g/mol. The van der Waals surface area contributed by atoms with Crippen LogP contribution in [0.25, 0.3) is 27.8 Å². The van der Waals surface area contributed by atoms with Crippen LogP contribution in [0.15, 0.2) is 54.6 Å². The standard InChI is InChI=1S/C33H39ClN2O3Si/c1-21(2)40(22(3)4,23(5)6)15-14-33-35-30-12-10-24(25-16-27(37-7)20-28(17-25)38-8)18-31(30)36(33)26-11-13-32(39-9)29(34)19-26/h10-13,16-23H,1-9H3. The third-order valence-corrected chi connectivity index (χ3v) is 14.6. The minimum absolute atomic E-state index is 0.517. The van der Waals surface area contributed by atoms with E-state index in [2.05, 4.69) is 69.7 Å². The van der Waals surface area contributed by atoms with E-state index in [1.807, 2.05) is 42.5 Å². The lowest BCUT2D eigenvalue weighted by atomic mass is 10.0. The summed E-state index contributed by atoms with van der Waals surface area (Å²) in [5.41, 5.74) is 10.1. The summed E-state index contributed by atoms with van der Waals surface area (Å²) in [5.74, 6) is 6.37. The molecular formula is C33H39ClN2O3Si. The Morgan fingerprint density at radius 3 is 1.90 bits per heavy atom. The molecule has 0 aliphatic rings. The molecule has 0 fully saturated rings. The molecule has 0 radical (unpaired) electrons. The molecule has 0 aliphatic heterocycles. The Kier molecular flexibility index (Phi) is 8.87. The van der Waals surface area contributed by atoms with E-state index < -0.39 is 8.07 Å². The highest BCUT2D eigenvalue weighted by molar-refractivity contribution is 6.90. The predicted octanol–water partition coefficient (Wildman–Crippen LogP) is 8.94. The summed E-state index contributed by atoms with van der Waals surface area (Å²) in [5, 5.41) is 0.532. The lowest BCUT2D eigenvalue weighted by Gasteiger charge is -2.38. The zero-order chi connectivity index (χ0) is 29.2. The Hall–Kier alpha value is -3.40. The lowest BCUT2D eigenvalue weighted by molar-refractivity contribution is 0.394. The van der Waals surface area contributed by atoms with Gasteiger partial charge >= 0.3 is 0 Å². The van der Waals surface area contributed by atoms with E-state index in [4.69, 9.17) is 30.8 Å². The fraction of sp³-hybridized carbons (Fsp3) is 0.364. The van der Waals surface area contributed by atoms with Crippen molar-refractivity contribution >= 4 is 30.7 Å². The molecule has 0 spiro atoms. The van der Waals surface area contributed by atoms with Crippen LogP contribution in [0.5, 0.6) is 17.2 Å². The van der Waals surface area contributed by atoms with Crippen molar-refractivity contribution in [3.63, 3.8) is 0 Å². The van der Waals surface area contributed by atoms with Crippen molar-refractivity contribution in [2.75, 3.05) is 21.3 Å². The largest absolute Gasteiger partial charge is 0.497 e. The molecule has 5 nitrogen and oxygen atoms in total. The summed E-state index contributed by atoms with van der Waals surface area (Å²) in [6.45, 7) is 13.9. The highest BCUT2D eigenvalue weighted by Crippen LogP contribution is 2.41. The molecule has 40 heavy (non-hydrogen) atoms. The van der Waals surface area contributed by atoms with Gasteiger partial charge < -0.3 is 14.2 Å². The van der Waals surface area contributed by atoms with Gasteiger partial charge in [-0.2, -0.15) is 0 Å². The van der Waals surface area contributed by atoms with Gasteiger partial charge in [0.05, 0.1) is 43.1 Å². The average Bonchev–Trinajstić information content (AvgIpc) is 3.29. The third-order valence-electron chi connectivity index (χ3n) is 7.99. The van der Waals surface area contributed by atoms with Crippen molar-refractivity contribution in [2.45, 2.75) is 58.2 Å². The summed E-state index contributed by atoms with van der Waals surface area (Å²) >= 11 is 6.60. The number of aromatic nitrogens is 2. The van der Waals surface area contributed by atoms with Gasteiger partial charge in [0.2, 0.25) is 0 Å². The third kappa shape index (κ3) is 5.46. The first-order valence-electron chi connectivity index (χ1n) is 13.7. The number of ether oxygens (including phenoxy) is 3.